The van der Waals surface area contributed by atoms with Crippen LogP contribution in [0.25, 0.3) is 0 Å². The number of nitrogens with zero attached hydrogens (tertiary/aromatic N) is 3. The molecule has 0 saturated heterocycles. The van der Waals surface area contributed by atoms with Crippen LogP contribution in [0.3, 0.4) is 0 Å². The van der Waals surface area contributed by atoms with Crippen LogP contribution < -0.4 is 0 Å². The fraction of sp³-hybridized carbons (Fsp3) is 0.267. The number of aromatic nitrogens is 2. The molecule has 0 fully saturated rings. The average molecular weight is 285 g/mol. The van der Waals surface area contributed by atoms with Gasteiger partial charge in [0, 0.05) is 26.3 Å². The van der Waals surface area contributed by atoms with Crippen molar-refractivity contribution in [3.63, 3.8) is 0 Å². The third kappa shape index (κ3) is 2.40. The summed E-state index contributed by atoms with van der Waals surface area (Å²) in [6, 6.07) is 7.37. The molecule has 1 atom stereocenters. The van der Waals surface area contributed by atoms with Crippen molar-refractivity contribution in [2.75, 3.05) is 6.54 Å². The minimum Gasteiger partial charge on any atom is -0.481 e. The molecular weight excluding hydrogens is 270 g/mol. The summed E-state index contributed by atoms with van der Waals surface area (Å²) >= 11 is 0. The molecule has 6 nitrogen and oxygen atoms in total. The molecule has 108 valence electrons. The van der Waals surface area contributed by atoms with Crippen molar-refractivity contribution in [1.82, 2.24) is 14.7 Å². The lowest BCUT2D eigenvalue weighted by Gasteiger charge is -2.32. The Hall–Kier alpha value is -2.63. The summed E-state index contributed by atoms with van der Waals surface area (Å²) in [7, 11) is 1.74. The summed E-state index contributed by atoms with van der Waals surface area (Å²) < 4.78 is 1.56. The van der Waals surface area contributed by atoms with E-state index in [-0.39, 0.29) is 12.5 Å². The van der Waals surface area contributed by atoms with E-state index in [1.807, 2.05) is 24.3 Å². The van der Waals surface area contributed by atoms with Crippen molar-refractivity contribution in [2.45, 2.75) is 12.5 Å². The van der Waals surface area contributed by atoms with Gasteiger partial charge in [-0.2, -0.15) is 5.10 Å². The first-order valence-electron chi connectivity index (χ1n) is 6.65. The number of hydrogen-bond donors (Lipinski definition) is 1. The van der Waals surface area contributed by atoms with Crippen molar-refractivity contribution in [1.29, 1.82) is 0 Å². The van der Waals surface area contributed by atoms with E-state index in [1.165, 1.54) is 6.20 Å². The number of rotatable bonds is 2. The van der Waals surface area contributed by atoms with Crippen molar-refractivity contribution >= 4 is 11.9 Å². The number of carboxylic acids is 1. The molecule has 3 rings (SSSR count). The summed E-state index contributed by atoms with van der Waals surface area (Å²) in [5, 5.41) is 13.4. The minimum atomic E-state index is -0.911. The second-order valence-electron chi connectivity index (χ2n) is 5.18. The Morgan fingerprint density at radius 2 is 2.10 bits per heavy atom. The second-order valence-corrected chi connectivity index (χ2v) is 5.18. The Bertz CT molecular complexity index is 708. The van der Waals surface area contributed by atoms with Gasteiger partial charge in [0.25, 0.3) is 5.91 Å². The lowest BCUT2D eigenvalue weighted by atomic mass is 9.89. The topological polar surface area (TPSA) is 75.4 Å². The summed E-state index contributed by atoms with van der Waals surface area (Å²) in [6.07, 6.45) is 3.14. The molecule has 0 saturated carbocycles. The van der Waals surface area contributed by atoms with Crippen molar-refractivity contribution in [2.24, 2.45) is 7.05 Å². The molecule has 1 aromatic heterocycles. The van der Waals surface area contributed by atoms with Gasteiger partial charge >= 0.3 is 5.97 Å². The van der Waals surface area contributed by atoms with Crippen LogP contribution in [0.4, 0.5) is 0 Å². The molecule has 1 aliphatic rings. The SMILES string of the molecule is Cn1cc(C(=O)N2Cc3ccccc3C(C(=O)O)C2)cn1. The summed E-state index contributed by atoms with van der Waals surface area (Å²) in [6.45, 7) is 0.605. The first-order valence-corrected chi connectivity index (χ1v) is 6.65. The van der Waals surface area contributed by atoms with Crippen LogP contribution in [0, 0.1) is 0 Å². The molecule has 1 unspecified atom stereocenters. The Morgan fingerprint density at radius 1 is 1.33 bits per heavy atom. The van der Waals surface area contributed by atoms with Crippen LogP contribution in [-0.4, -0.2) is 38.2 Å². The molecule has 6 heteroatoms. The Labute approximate surface area is 121 Å². The number of aryl methyl sites for hydroxylation is 1. The zero-order chi connectivity index (χ0) is 15.0. The monoisotopic (exact) mass is 285 g/mol. The highest BCUT2D eigenvalue weighted by atomic mass is 16.4. The maximum Gasteiger partial charge on any atom is 0.312 e. The molecule has 0 spiro atoms. The van der Waals surface area contributed by atoms with Gasteiger partial charge in [0.2, 0.25) is 0 Å². The van der Waals surface area contributed by atoms with Crippen molar-refractivity contribution in [3.05, 3.63) is 53.3 Å². The van der Waals surface area contributed by atoms with Crippen LogP contribution in [0.5, 0.6) is 0 Å². The number of carbonyl (C=O) groups excluding carboxylic acids is 1. The molecule has 0 radical (unpaired) electrons. The van der Waals surface area contributed by atoms with Gasteiger partial charge in [0.15, 0.2) is 0 Å². The fourth-order valence-electron chi connectivity index (χ4n) is 2.69. The Morgan fingerprint density at radius 3 is 2.76 bits per heavy atom. The van der Waals surface area contributed by atoms with Crippen molar-refractivity contribution in [3.8, 4) is 0 Å². The van der Waals surface area contributed by atoms with Crippen LogP contribution in [0.2, 0.25) is 0 Å². The highest BCUT2D eigenvalue weighted by molar-refractivity contribution is 5.94. The van der Waals surface area contributed by atoms with Crippen LogP contribution >= 0.6 is 0 Å². The van der Waals surface area contributed by atoms with E-state index in [4.69, 9.17) is 0 Å². The highest BCUT2D eigenvalue weighted by Crippen LogP contribution is 2.29. The smallest absolute Gasteiger partial charge is 0.312 e. The van der Waals surface area contributed by atoms with Gasteiger partial charge < -0.3 is 10.0 Å². The van der Waals surface area contributed by atoms with Gasteiger partial charge in [0.05, 0.1) is 17.7 Å². The molecule has 2 aromatic rings. The molecule has 21 heavy (non-hydrogen) atoms. The summed E-state index contributed by atoms with van der Waals surface area (Å²) in [4.78, 5) is 25.5. The first kappa shape index (κ1) is 13.4. The number of carbonyl (C=O) groups is 2. The average Bonchev–Trinajstić information content (AvgIpc) is 2.91. The molecule has 1 amide bonds. The normalized spacial score (nSPS) is 17.4. The number of fused-ring (bicyclic) bond motifs is 1. The van der Waals surface area contributed by atoms with Gasteiger partial charge in [-0.25, -0.2) is 0 Å². The minimum absolute atomic E-state index is 0.181. The van der Waals surface area contributed by atoms with E-state index < -0.39 is 11.9 Å². The third-order valence-electron chi connectivity index (χ3n) is 3.73. The molecule has 0 bridgehead atoms. The lowest BCUT2D eigenvalue weighted by molar-refractivity contribution is -0.139. The number of benzene rings is 1. The van der Waals surface area contributed by atoms with E-state index in [0.29, 0.717) is 12.1 Å². The van der Waals surface area contributed by atoms with E-state index in [1.54, 1.807) is 22.8 Å². The quantitative estimate of drug-likeness (QED) is 0.901. The molecule has 2 heterocycles. The van der Waals surface area contributed by atoms with Gasteiger partial charge in [-0.1, -0.05) is 24.3 Å². The zero-order valence-corrected chi connectivity index (χ0v) is 11.6. The maximum atomic E-state index is 12.5. The number of hydrogen-bond acceptors (Lipinski definition) is 3. The van der Waals surface area contributed by atoms with E-state index in [9.17, 15) is 14.7 Å². The predicted molar refractivity (Wildman–Crippen MR) is 74.8 cm³/mol. The predicted octanol–water partition coefficient (Wildman–Crippen LogP) is 1.24. The molecular formula is C15H15N3O3. The molecule has 1 aromatic carbocycles. The summed E-state index contributed by atoms with van der Waals surface area (Å²) in [5.74, 6) is -1.79. The molecule has 1 aliphatic heterocycles. The van der Waals surface area contributed by atoms with Crippen LogP contribution in [0.15, 0.2) is 36.7 Å². The van der Waals surface area contributed by atoms with E-state index >= 15 is 0 Å². The maximum absolute atomic E-state index is 12.5. The zero-order valence-electron chi connectivity index (χ0n) is 11.6. The van der Waals surface area contributed by atoms with E-state index in [2.05, 4.69) is 5.10 Å². The molecule has 0 aliphatic carbocycles. The molecule has 1 N–H and O–H groups in total. The largest absolute Gasteiger partial charge is 0.481 e. The first-order chi connectivity index (χ1) is 10.1. The van der Waals surface area contributed by atoms with Gasteiger partial charge in [-0.15, -0.1) is 0 Å². The fourth-order valence-corrected chi connectivity index (χ4v) is 2.69. The van der Waals surface area contributed by atoms with E-state index in [0.717, 1.165) is 11.1 Å². The van der Waals surface area contributed by atoms with Gasteiger partial charge in [0.1, 0.15) is 0 Å². The standard InChI is InChI=1S/C15H15N3O3/c1-17-7-11(6-16-17)14(19)18-8-10-4-2-3-5-12(10)13(9-18)15(20)21/h2-7,13H,8-9H2,1H3,(H,20,21). The van der Waals surface area contributed by atoms with Crippen molar-refractivity contribution < 1.29 is 14.7 Å². The second kappa shape index (κ2) is 5.05. The lowest BCUT2D eigenvalue weighted by Crippen LogP contribution is -2.40. The highest BCUT2D eigenvalue weighted by Gasteiger charge is 2.32. The van der Waals surface area contributed by atoms with Gasteiger partial charge in [-0.3, -0.25) is 14.3 Å². The van der Waals surface area contributed by atoms with Gasteiger partial charge in [-0.05, 0) is 11.1 Å². The number of amides is 1. The third-order valence-corrected chi connectivity index (χ3v) is 3.73. The van der Waals surface area contributed by atoms with Crippen LogP contribution in [0.1, 0.15) is 27.4 Å². The Balaban J connectivity index is 1.93. The number of carboxylic acid groups (broad SMARTS) is 1. The van der Waals surface area contributed by atoms with Crippen LogP contribution in [-0.2, 0) is 18.4 Å². The Kier molecular flexibility index (Phi) is 3.21. The summed E-state index contributed by atoms with van der Waals surface area (Å²) in [5.41, 5.74) is 2.15. The number of aliphatic carboxylic acids is 1.